The smallest absolute Gasteiger partial charge is 0.255 e. The van der Waals surface area contributed by atoms with Crippen molar-refractivity contribution in [3.05, 3.63) is 59.9 Å². The van der Waals surface area contributed by atoms with Crippen LogP contribution in [-0.2, 0) is 6.54 Å². The third-order valence-corrected chi connectivity index (χ3v) is 2.32. The molecule has 0 saturated heterocycles. The topological polar surface area (TPSA) is 62.2 Å². The lowest BCUT2D eigenvalue weighted by molar-refractivity contribution is 0.0948. The Hall–Kier alpha value is -2.36. The number of hydrogen-bond acceptors (Lipinski definition) is 3. The summed E-state index contributed by atoms with van der Waals surface area (Å²) in [5.41, 5.74) is 1.19. The van der Waals surface area contributed by atoms with Gasteiger partial charge in [-0.2, -0.15) is 0 Å². The van der Waals surface area contributed by atoms with Crippen molar-refractivity contribution in [2.24, 2.45) is 0 Å². The van der Waals surface area contributed by atoms with Crippen molar-refractivity contribution in [3.63, 3.8) is 0 Å². The van der Waals surface area contributed by atoms with E-state index in [1.54, 1.807) is 30.6 Å². The molecule has 86 valence electrons. The number of pyridine rings is 1. The molecule has 1 aromatic heterocycles. The molecule has 0 aliphatic carbocycles. The van der Waals surface area contributed by atoms with Gasteiger partial charge >= 0.3 is 0 Å². The number of phenols is 1. The first-order valence-electron chi connectivity index (χ1n) is 5.22. The Balaban J connectivity index is 2.01. The predicted molar refractivity (Wildman–Crippen MR) is 63.5 cm³/mol. The number of benzene rings is 1. The van der Waals surface area contributed by atoms with Gasteiger partial charge in [0.05, 0.1) is 5.56 Å². The molecule has 0 spiro atoms. The minimum Gasteiger partial charge on any atom is -0.507 e. The van der Waals surface area contributed by atoms with Crippen molar-refractivity contribution < 1.29 is 9.90 Å². The molecule has 17 heavy (non-hydrogen) atoms. The molecule has 0 aliphatic rings. The minimum atomic E-state index is -0.299. The highest BCUT2D eigenvalue weighted by Gasteiger charge is 2.09. The molecule has 0 radical (unpaired) electrons. The highest BCUT2D eigenvalue weighted by molar-refractivity contribution is 5.96. The Morgan fingerprint density at radius 3 is 2.76 bits per heavy atom. The highest BCUT2D eigenvalue weighted by atomic mass is 16.3. The van der Waals surface area contributed by atoms with E-state index in [0.717, 1.165) is 5.56 Å². The van der Waals surface area contributed by atoms with E-state index >= 15 is 0 Å². The van der Waals surface area contributed by atoms with Gasteiger partial charge in [0.15, 0.2) is 0 Å². The zero-order chi connectivity index (χ0) is 12.1. The number of rotatable bonds is 3. The van der Waals surface area contributed by atoms with E-state index in [4.69, 9.17) is 0 Å². The first kappa shape index (κ1) is 11.1. The second-order valence-corrected chi connectivity index (χ2v) is 3.56. The highest BCUT2D eigenvalue weighted by Crippen LogP contribution is 2.15. The summed E-state index contributed by atoms with van der Waals surface area (Å²) >= 11 is 0. The van der Waals surface area contributed by atoms with E-state index in [9.17, 15) is 9.90 Å². The zero-order valence-corrected chi connectivity index (χ0v) is 9.13. The van der Waals surface area contributed by atoms with E-state index < -0.39 is 0 Å². The summed E-state index contributed by atoms with van der Waals surface area (Å²) in [7, 11) is 0. The van der Waals surface area contributed by atoms with E-state index in [1.165, 1.54) is 6.07 Å². The molecule has 2 aromatic rings. The molecule has 2 rings (SSSR count). The van der Waals surface area contributed by atoms with Crippen LogP contribution in [0.3, 0.4) is 0 Å². The number of amides is 1. The Bertz CT molecular complexity index is 512. The summed E-state index contributed by atoms with van der Waals surface area (Å²) in [6.07, 6.45) is 3.36. The van der Waals surface area contributed by atoms with Gasteiger partial charge in [-0.3, -0.25) is 9.78 Å². The molecule has 0 saturated carbocycles. The van der Waals surface area contributed by atoms with Gasteiger partial charge in [-0.25, -0.2) is 0 Å². The van der Waals surface area contributed by atoms with E-state index in [2.05, 4.69) is 10.3 Å². The van der Waals surface area contributed by atoms with Gasteiger partial charge in [0, 0.05) is 18.9 Å². The van der Waals surface area contributed by atoms with Crippen molar-refractivity contribution in [1.29, 1.82) is 0 Å². The van der Waals surface area contributed by atoms with Gasteiger partial charge < -0.3 is 10.4 Å². The van der Waals surface area contributed by atoms with E-state index in [0.29, 0.717) is 6.54 Å². The number of aromatic hydroxyl groups is 1. The summed E-state index contributed by atoms with van der Waals surface area (Å²) < 4.78 is 0. The van der Waals surface area contributed by atoms with Crippen LogP contribution < -0.4 is 5.32 Å². The fourth-order valence-corrected chi connectivity index (χ4v) is 1.45. The monoisotopic (exact) mass is 228 g/mol. The van der Waals surface area contributed by atoms with E-state index in [1.807, 2.05) is 12.1 Å². The van der Waals surface area contributed by atoms with Gasteiger partial charge in [-0.1, -0.05) is 18.2 Å². The van der Waals surface area contributed by atoms with Crippen LogP contribution in [0.25, 0.3) is 0 Å². The van der Waals surface area contributed by atoms with E-state index in [-0.39, 0.29) is 17.2 Å². The van der Waals surface area contributed by atoms with Crippen LogP contribution in [0.1, 0.15) is 15.9 Å². The van der Waals surface area contributed by atoms with Gasteiger partial charge in [0.2, 0.25) is 0 Å². The van der Waals surface area contributed by atoms with Crippen molar-refractivity contribution in [2.75, 3.05) is 0 Å². The molecule has 1 heterocycles. The van der Waals surface area contributed by atoms with Gasteiger partial charge in [-0.15, -0.1) is 0 Å². The quantitative estimate of drug-likeness (QED) is 0.840. The number of hydrogen-bond donors (Lipinski definition) is 2. The average molecular weight is 228 g/mol. The predicted octanol–water partition coefficient (Wildman–Crippen LogP) is 1.72. The molecule has 0 fully saturated rings. The number of phenolic OH excluding ortho intramolecular Hbond substituents is 1. The standard InChI is InChI=1S/C13H12N2O2/c16-12-6-2-1-5-11(12)13(17)15-9-10-4-3-7-14-8-10/h1-8,16H,9H2,(H,15,17). The largest absolute Gasteiger partial charge is 0.507 e. The number of nitrogens with one attached hydrogen (secondary N) is 1. The number of para-hydroxylation sites is 1. The Labute approximate surface area is 98.9 Å². The third kappa shape index (κ3) is 2.81. The molecule has 2 N–H and O–H groups in total. The normalized spacial score (nSPS) is 9.88. The first-order valence-corrected chi connectivity index (χ1v) is 5.22. The minimum absolute atomic E-state index is 0.0174. The lowest BCUT2D eigenvalue weighted by atomic mass is 10.2. The summed E-state index contributed by atoms with van der Waals surface area (Å²) in [4.78, 5) is 15.7. The summed E-state index contributed by atoms with van der Waals surface area (Å²) in [6, 6.07) is 10.1. The molecule has 0 atom stereocenters. The Kier molecular flexibility index (Phi) is 3.35. The number of carbonyl (C=O) groups is 1. The van der Waals surface area contributed by atoms with Crippen LogP contribution in [0.2, 0.25) is 0 Å². The second-order valence-electron chi connectivity index (χ2n) is 3.56. The Morgan fingerprint density at radius 2 is 2.06 bits per heavy atom. The molecule has 1 aromatic carbocycles. The molecule has 0 unspecified atom stereocenters. The van der Waals surface area contributed by atoms with Gasteiger partial charge in [-0.05, 0) is 23.8 Å². The second kappa shape index (κ2) is 5.12. The van der Waals surface area contributed by atoms with Crippen molar-refractivity contribution in [2.45, 2.75) is 6.54 Å². The molecule has 4 heteroatoms. The van der Waals surface area contributed by atoms with Crippen LogP contribution in [0.5, 0.6) is 5.75 Å². The summed E-state index contributed by atoms with van der Waals surface area (Å²) in [5.74, 6) is -0.317. The lowest BCUT2D eigenvalue weighted by Gasteiger charge is -2.06. The third-order valence-electron chi connectivity index (χ3n) is 2.32. The van der Waals surface area contributed by atoms with Crippen molar-refractivity contribution in [3.8, 4) is 5.75 Å². The maximum absolute atomic E-state index is 11.7. The number of aromatic nitrogens is 1. The molecule has 0 aliphatic heterocycles. The van der Waals surface area contributed by atoms with Crippen LogP contribution in [0.4, 0.5) is 0 Å². The number of carbonyl (C=O) groups excluding carboxylic acids is 1. The van der Waals surface area contributed by atoms with Crippen LogP contribution >= 0.6 is 0 Å². The molecule has 0 bridgehead atoms. The van der Waals surface area contributed by atoms with Crippen molar-refractivity contribution >= 4 is 5.91 Å². The molecular weight excluding hydrogens is 216 g/mol. The maximum Gasteiger partial charge on any atom is 0.255 e. The Morgan fingerprint density at radius 1 is 1.24 bits per heavy atom. The first-order chi connectivity index (χ1) is 8.27. The summed E-state index contributed by atoms with van der Waals surface area (Å²) in [5, 5.41) is 12.2. The van der Waals surface area contributed by atoms with Crippen molar-refractivity contribution in [1.82, 2.24) is 10.3 Å². The van der Waals surface area contributed by atoms with Gasteiger partial charge in [0.1, 0.15) is 5.75 Å². The zero-order valence-electron chi connectivity index (χ0n) is 9.13. The van der Waals surface area contributed by atoms with Crippen LogP contribution in [-0.4, -0.2) is 16.0 Å². The molecular formula is C13H12N2O2. The van der Waals surface area contributed by atoms with Crippen LogP contribution in [0.15, 0.2) is 48.8 Å². The average Bonchev–Trinajstić information content (AvgIpc) is 2.38. The lowest BCUT2D eigenvalue weighted by Crippen LogP contribution is -2.22. The maximum atomic E-state index is 11.7. The summed E-state index contributed by atoms with van der Waals surface area (Å²) in [6.45, 7) is 0.390. The molecule has 1 amide bonds. The number of nitrogens with zero attached hydrogens (tertiary/aromatic N) is 1. The fourth-order valence-electron chi connectivity index (χ4n) is 1.45. The fraction of sp³-hybridized carbons (Fsp3) is 0.0769. The van der Waals surface area contributed by atoms with Crippen LogP contribution in [0, 0.1) is 0 Å². The van der Waals surface area contributed by atoms with Gasteiger partial charge in [0.25, 0.3) is 5.91 Å². The molecule has 4 nitrogen and oxygen atoms in total. The SMILES string of the molecule is O=C(NCc1cccnc1)c1ccccc1O.